The quantitative estimate of drug-likeness (QED) is 0.469. The molecule has 0 aliphatic rings. The highest BCUT2D eigenvalue weighted by atomic mass is 16.5. The molecule has 2 N–H and O–H groups in total. The zero-order valence-electron chi connectivity index (χ0n) is 14.1. The third-order valence-corrected chi connectivity index (χ3v) is 3.36. The SMILES string of the molecule is COc1cccc(NC(=O)C(=C=[N-])N=Nc2cc(C(=O)O)ccc2C)c1. The normalized spacial score (nSPS) is 10.2. The zero-order valence-corrected chi connectivity index (χ0v) is 14.1. The standard InChI is InChI=1S/C18H15N4O4/c1-11-6-7-12(18(24)25)8-15(11)21-22-16(10-19)17(23)20-13-4-3-5-14(9-13)26-2/h3-9H,1-2H3,(H,20,23)(H,24,25)/q-1. The van der Waals surface area contributed by atoms with Crippen LogP contribution in [0.15, 0.2) is 58.4 Å². The Hall–Kier alpha value is -3.77. The van der Waals surface area contributed by atoms with Gasteiger partial charge in [-0.05, 0) is 36.8 Å². The largest absolute Gasteiger partial charge is 0.761 e. The number of aryl methyl sites for hydroxylation is 1. The van der Waals surface area contributed by atoms with Gasteiger partial charge in [-0.25, -0.2) is 10.7 Å². The van der Waals surface area contributed by atoms with Crippen molar-refractivity contribution in [3.63, 3.8) is 0 Å². The van der Waals surface area contributed by atoms with Gasteiger partial charge in [0.05, 0.1) is 18.4 Å². The van der Waals surface area contributed by atoms with Crippen molar-refractivity contribution in [2.24, 2.45) is 10.2 Å². The van der Waals surface area contributed by atoms with E-state index in [1.54, 1.807) is 43.1 Å². The van der Waals surface area contributed by atoms with Crippen molar-refractivity contribution in [1.29, 1.82) is 0 Å². The van der Waals surface area contributed by atoms with Crippen LogP contribution in [0.2, 0.25) is 0 Å². The van der Waals surface area contributed by atoms with Crippen molar-refractivity contribution in [2.45, 2.75) is 6.92 Å². The molecule has 2 aromatic rings. The van der Waals surface area contributed by atoms with Gasteiger partial charge in [0, 0.05) is 11.8 Å². The summed E-state index contributed by atoms with van der Waals surface area (Å²) in [5, 5.41) is 28.2. The lowest BCUT2D eigenvalue weighted by Gasteiger charge is -2.06. The molecule has 0 saturated heterocycles. The molecule has 8 nitrogen and oxygen atoms in total. The van der Waals surface area contributed by atoms with Crippen LogP contribution in [0.4, 0.5) is 11.4 Å². The maximum atomic E-state index is 12.2. The number of ether oxygens (including phenoxy) is 1. The Labute approximate surface area is 149 Å². The molecule has 0 fully saturated rings. The number of nitrogens with one attached hydrogen (secondary N) is 1. The summed E-state index contributed by atoms with van der Waals surface area (Å²) in [4.78, 5) is 23.2. The van der Waals surface area contributed by atoms with Gasteiger partial charge in [0.25, 0.3) is 5.91 Å². The molecular formula is C18H15N4O4-. The van der Waals surface area contributed by atoms with Crippen molar-refractivity contribution in [3.8, 4) is 5.75 Å². The molecule has 0 aromatic heterocycles. The second-order valence-electron chi connectivity index (χ2n) is 5.15. The van der Waals surface area contributed by atoms with E-state index in [0.29, 0.717) is 17.0 Å². The number of rotatable bonds is 6. The molecule has 0 aliphatic heterocycles. The highest BCUT2D eigenvalue weighted by Gasteiger charge is 2.10. The first-order chi connectivity index (χ1) is 12.4. The average Bonchev–Trinajstić information content (AvgIpc) is 2.63. The van der Waals surface area contributed by atoms with Crippen LogP contribution >= 0.6 is 0 Å². The Morgan fingerprint density at radius 2 is 2.00 bits per heavy atom. The Bertz CT molecular complexity index is 931. The van der Waals surface area contributed by atoms with E-state index >= 15 is 0 Å². The van der Waals surface area contributed by atoms with Crippen LogP contribution in [0.5, 0.6) is 5.75 Å². The summed E-state index contributed by atoms with van der Waals surface area (Å²) < 4.78 is 5.06. The number of carboxylic acid groups (broad SMARTS) is 1. The van der Waals surface area contributed by atoms with E-state index < -0.39 is 17.6 Å². The molecule has 26 heavy (non-hydrogen) atoms. The maximum absolute atomic E-state index is 12.2. The van der Waals surface area contributed by atoms with Crippen molar-refractivity contribution in [1.82, 2.24) is 0 Å². The molecule has 2 rings (SSSR count). The van der Waals surface area contributed by atoms with E-state index in [9.17, 15) is 9.59 Å². The van der Waals surface area contributed by atoms with Crippen LogP contribution < -0.4 is 10.1 Å². The van der Waals surface area contributed by atoms with Gasteiger partial charge in [-0.3, -0.25) is 4.79 Å². The second-order valence-corrected chi connectivity index (χ2v) is 5.15. The first-order valence-electron chi connectivity index (χ1n) is 7.42. The molecule has 0 spiro atoms. The van der Waals surface area contributed by atoms with Crippen LogP contribution in [0.3, 0.4) is 0 Å². The minimum absolute atomic E-state index is 0.0314. The molecule has 1 amide bonds. The van der Waals surface area contributed by atoms with Gasteiger partial charge in [0.1, 0.15) is 5.75 Å². The summed E-state index contributed by atoms with van der Waals surface area (Å²) in [6.07, 6.45) is 0. The second kappa shape index (κ2) is 8.36. The Morgan fingerprint density at radius 3 is 2.65 bits per heavy atom. The van der Waals surface area contributed by atoms with Crippen molar-refractivity contribution in [2.75, 3.05) is 12.4 Å². The molecule has 0 saturated carbocycles. The average molecular weight is 351 g/mol. The molecule has 0 unspecified atom stereocenters. The maximum Gasteiger partial charge on any atom is 0.335 e. The number of carbonyl (C=O) groups is 2. The van der Waals surface area contributed by atoms with Gasteiger partial charge in [-0.2, -0.15) is 0 Å². The topological polar surface area (TPSA) is 123 Å². The van der Waals surface area contributed by atoms with E-state index in [1.165, 1.54) is 19.2 Å². The monoisotopic (exact) mass is 351 g/mol. The van der Waals surface area contributed by atoms with Crippen molar-refractivity contribution < 1.29 is 19.4 Å². The van der Waals surface area contributed by atoms with Crippen LogP contribution in [-0.4, -0.2) is 30.0 Å². The Morgan fingerprint density at radius 1 is 1.23 bits per heavy atom. The van der Waals surface area contributed by atoms with E-state index in [0.717, 1.165) is 0 Å². The number of carbonyl (C=O) groups excluding carboxylic acids is 1. The number of carboxylic acids is 1. The lowest BCUT2D eigenvalue weighted by atomic mass is 10.1. The first kappa shape index (κ1) is 18.6. The van der Waals surface area contributed by atoms with E-state index in [4.69, 9.17) is 15.3 Å². The minimum atomic E-state index is -1.11. The van der Waals surface area contributed by atoms with Gasteiger partial charge in [-0.15, -0.1) is 10.2 Å². The predicted molar refractivity (Wildman–Crippen MR) is 96.2 cm³/mol. The summed E-state index contributed by atoms with van der Waals surface area (Å²) in [5.41, 5.74) is 0.911. The first-order valence-corrected chi connectivity index (χ1v) is 7.42. The number of amides is 1. The highest BCUT2D eigenvalue weighted by Crippen LogP contribution is 2.22. The van der Waals surface area contributed by atoms with Crippen LogP contribution in [0.1, 0.15) is 15.9 Å². The number of hydrogen-bond acceptors (Lipinski definition) is 5. The van der Waals surface area contributed by atoms with Gasteiger partial charge in [0.2, 0.25) is 0 Å². The molecule has 0 aliphatic carbocycles. The van der Waals surface area contributed by atoms with E-state index in [2.05, 4.69) is 15.5 Å². The summed E-state index contributed by atoms with van der Waals surface area (Å²) >= 11 is 0. The van der Waals surface area contributed by atoms with Gasteiger partial charge < -0.3 is 20.6 Å². The number of nitrogens with zero attached hydrogens (tertiary/aromatic N) is 3. The predicted octanol–water partition coefficient (Wildman–Crippen LogP) is 3.55. The molecule has 0 atom stereocenters. The van der Waals surface area contributed by atoms with Gasteiger partial charge in [-0.1, -0.05) is 12.1 Å². The molecule has 8 heteroatoms. The van der Waals surface area contributed by atoms with Crippen LogP contribution in [0.25, 0.3) is 5.41 Å². The highest BCUT2D eigenvalue weighted by molar-refractivity contribution is 6.09. The van der Waals surface area contributed by atoms with Gasteiger partial charge >= 0.3 is 5.97 Å². The third-order valence-electron chi connectivity index (χ3n) is 3.36. The molecule has 132 valence electrons. The van der Waals surface area contributed by atoms with Crippen molar-refractivity contribution >= 4 is 29.1 Å². The van der Waals surface area contributed by atoms with Crippen LogP contribution in [-0.2, 0) is 4.79 Å². The number of benzene rings is 2. The molecule has 2 aromatic carbocycles. The number of hydrogen-bond donors (Lipinski definition) is 2. The molecule has 0 bridgehead atoms. The molecule has 0 radical (unpaired) electrons. The molecule has 0 heterocycles. The summed E-state index contributed by atoms with van der Waals surface area (Å²) in [6, 6.07) is 10.9. The van der Waals surface area contributed by atoms with Crippen molar-refractivity contribution in [3.05, 3.63) is 64.7 Å². The zero-order chi connectivity index (χ0) is 19.1. The number of aromatic carboxylic acids is 1. The summed E-state index contributed by atoms with van der Waals surface area (Å²) in [7, 11) is 1.50. The third kappa shape index (κ3) is 4.62. The number of anilines is 1. The summed E-state index contributed by atoms with van der Waals surface area (Å²) in [6.45, 7) is 1.71. The Balaban J connectivity index is 2.20. The fraction of sp³-hybridized carbons (Fsp3) is 0.111. The summed E-state index contributed by atoms with van der Waals surface area (Å²) in [5.74, 6) is 0.371. The van der Waals surface area contributed by atoms with Crippen LogP contribution in [0, 0.1) is 6.92 Å². The smallest absolute Gasteiger partial charge is 0.335 e. The fourth-order valence-electron chi connectivity index (χ4n) is 1.96. The lowest BCUT2D eigenvalue weighted by Crippen LogP contribution is -2.13. The van der Waals surface area contributed by atoms with E-state index in [-0.39, 0.29) is 11.3 Å². The molecular weight excluding hydrogens is 336 g/mol. The lowest BCUT2D eigenvalue weighted by molar-refractivity contribution is -0.112. The number of methoxy groups -OCH3 is 1. The number of azo groups is 1. The Kier molecular flexibility index (Phi) is 5.97. The minimum Gasteiger partial charge on any atom is -0.761 e. The van der Waals surface area contributed by atoms with E-state index in [1.807, 2.05) is 0 Å². The fourth-order valence-corrected chi connectivity index (χ4v) is 1.96. The van der Waals surface area contributed by atoms with Gasteiger partial charge in [0.15, 0.2) is 5.70 Å².